The average molecular weight is 214 g/mol. The third-order valence-electron chi connectivity index (χ3n) is 2.28. The molecule has 0 aliphatic rings. The number of nitrogens with two attached hydrogens (primary N) is 2. The predicted molar refractivity (Wildman–Crippen MR) is 66.5 cm³/mol. The third kappa shape index (κ3) is 2.25. The van der Waals surface area contributed by atoms with E-state index in [-0.39, 0.29) is 0 Å². The molecule has 2 rings (SSSR count). The van der Waals surface area contributed by atoms with E-state index >= 15 is 0 Å². The molecule has 0 spiro atoms. The number of hydrogen-bond donors (Lipinski definition) is 2. The van der Waals surface area contributed by atoms with E-state index in [0.29, 0.717) is 17.1 Å². The summed E-state index contributed by atoms with van der Waals surface area (Å²) in [4.78, 5) is 0. The fourth-order valence-electron chi connectivity index (χ4n) is 1.39. The Labute approximate surface area is 94.6 Å². The van der Waals surface area contributed by atoms with E-state index in [2.05, 4.69) is 0 Å². The molecule has 0 saturated heterocycles. The number of aryl methyl sites for hydroxylation is 1. The Hall–Kier alpha value is -2.16. The Morgan fingerprint density at radius 1 is 0.938 bits per heavy atom. The summed E-state index contributed by atoms with van der Waals surface area (Å²) in [5.41, 5.74) is 13.8. The molecule has 0 radical (unpaired) electrons. The van der Waals surface area contributed by atoms with Crippen LogP contribution in [0.1, 0.15) is 5.56 Å². The van der Waals surface area contributed by atoms with Gasteiger partial charge in [0.2, 0.25) is 0 Å². The molecule has 2 aromatic rings. The molecule has 0 amide bonds. The molecule has 0 saturated carbocycles. The van der Waals surface area contributed by atoms with Crippen LogP contribution in [0.3, 0.4) is 0 Å². The van der Waals surface area contributed by atoms with Crippen LogP contribution in [0.5, 0.6) is 11.5 Å². The molecular formula is C13H14N2O. The minimum atomic E-state index is 0.542. The molecule has 0 atom stereocenters. The normalized spacial score (nSPS) is 10.1. The van der Waals surface area contributed by atoms with Gasteiger partial charge in [-0.25, -0.2) is 0 Å². The van der Waals surface area contributed by atoms with Crippen LogP contribution in [-0.4, -0.2) is 0 Å². The lowest BCUT2D eigenvalue weighted by Gasteiger charge is -2.08. The van der Waals surface area contributed by atoms with Gasteiger partial charge in [-0.1, -0.05) is 17.7 Å². The average Bonchev–Trinajstić information content (AvgIpc) is 2.25. The molecular weight excluding hydrogens is 200 g/mol. The highest BCUT2D eigenvalue weighted by atomic mass is 16.5. The number of nitrogen functional groups attached to an aromatic ring is 2. The summed E-state index contributed by atoms with van der Waals surface area (Å²) in [5.74, 6) is 1.39. The van der Waals surface area contributed by atoms with Gasteiger partial charge in [-0.2, -0.15) is 0 Å². The number of hydrogen-bond acceptors (Lipinski definition) is 3. The van der Waals surface area contributed by atoms with Crippen LogP contribution in [0.4, 0.5) is 11.4 Å². The molecule has 3 nitrogen and oxygen atoms in total. The topological polar surface area (TPSA) is 61.3 Å². The number of anilines is 2. The summed E-state index contributed by atoms with van der Waals surface area (Å²) in [5, 5.41) is 0. The molecule has 0 bridgehead atoms. The van der Waals surface area contributed by atoms with Crippen molar-refractivity contribution in [2.24, 2.45) is 0 Å². The molecule has 0 aromatic heterocycles. The highest BCUT2D eigenvalue weighted by Crippen LogP contribution is 2.28. The van der Waals surface area contributed by atoms with Crippen LogP contribution < -0.4 is 16.2 Å². The molecule has 3 heteroatoms. The summed E-state index contributed by atoms with van der Waals surface area (Å²) in [6.07, 6.45) is 0. The van der Waals surface area contributed by atoms with E-state index in [1.807, 2.05) is 31.2 Å². The van der Waals surface area contributed by atoms with Gasteiger partial charge in [0, 0.05) is 5.69 Å². The lowest BCUT2D eigenvalue weighted by Crippen LogP contribution is -1.94. The summed E-state index contributed by atoms with van der Waals surface area (Å²) in [7, 11) is 0. The molecule has 0 unspecified atom stereocenters. The zero-order chi connectivity index (χ0) is 11.5. The van der Waals surface area contributed by atoms with Crippen molar-refractivity contribution in [2.45, 2.75) is 6.92 Å². The van der Waals surface area contributed by atoms with Crippen LogP contribution >= 0.6 is 0 Å². The standard InChI is InChI=1S/C13H14N2O/c1-9-2-5-11(6-3-9)16-13-7-4-10(14)8-12(13)15/h2-8H,14-15H2,1H3. The molecule has 0 aliphatic carbocycles. The minimum absolute atomic E-state index is 0.542. The first-order valence-corrected chi connectivity index (χ1v) is 5.04. The van der Waals surface area contributed by atoms with Gasteiger partial charge in [0.05, 0.1) is 5.69 Å². The summed E-state index contributed by atoms with van der Waals surface area (Å²) < 4.78 is 5.64. The second kappa shape index (κ2) is 4.14. The van der Waals surface area contributed by atoms with Crippen LogP contribution in [0.15, 0.2) is 42.5 Å². The van der Waals surface area contributed by atoms with E-state index < -0.39 is 0 Å². The van der Waals surface area contributed by atoms with Crippen molar-refractivity contribution in [3.63, 3.8) is 0 Å². The lowest BCUT2D eigenvalue weighted by molar-refractivity contribution is 0.485. The Morgan fingerprint density at radius 2 is 1.62 bits per heavy atom. The van der Waals surface area contributed by atoms with Crippen LogP contribution in [0.25, 0.3) is 0 Å². The Bertz CT molecular complexity index is 492. The summed E-state index contributed by atoms with van der Waals surface area (Å²) in [6.45, 7) is 2.03. The fraction of sp³-hybridized carbons (Fsp3) is 0.0769. The van der Waals surface area contributed by atoms with Gasteiger partial charge in [-0.05, 0) is 37.3 Å². The van der Waals surface area contributed by atoms with E-state index in [1.54, 1.807) is 18.2 Å². The second-order valence-electron chi connectivity index (χ2n) is 3.71. The van der Waals surface area contributed by atoms with Crippen molar-refractivity contribution in [1.29, 1.82) is 0 Å². The maximum Gasteiger partial charge on any atom is 0.150 e. The number of ether oxygens (including phenoxy) is 1. The third-order valence-corrected chi connectivity index (χ3v) is 2.28. The van der Waals surface area contributed by atoms with Crippen LogP contribution in [0.2, 0.25) is 0 Å². The SMILES string of the molecule is Cc1ccc(Oc2ccc(N)cc2N)cc1. The van der Waals surface area contributed by atoms with Crippen molar-refractivity contribution in [1.82, 2.24) is 0 Å². The van der Waals surface area contributed by atoms with E-state index in [9.17, 15) is 0 Å². The number of benzene rings is 2. The molecule has 82 valence electrons. The largest absolute Gasteiger partial charge is 0.455 e. The highest BCUT2D eigenvalue weighted by Gasteiger charge is 2.02. The van der Waals surface area contributed by atoms with Gasteiger partial charge < -0.3 is 16.2 Å². The first kappa shape index (κ1) is 10.4. The van der Waals surface area contributed by atoms with E-state index in [0.717, 1.165) is 5.75 Å². The zero-order valence-electron chi connectivity index (χ0n) is 9.10. The first-order chi connectivity index (χ1) is 7.65. The van der Waals surface area contributed by atoms with Crippen molar-refractivity contribution in [2.75, 3.05) is 11.5 Å². The Morgan fingerprint density at radius 3 is 2.25 bits per heavy atom. The van der Waals surface area contributed by atoms with Crippen molar-refractivity contribution in [3.8, 4) is 11.5 Å². The second-order valence-corrected chi connectivity index (χ2v) is 3.71. The summed E-state index contributed by atoms with van der Waals surface area (Å²) in [6, 6.07) is 13.0. The van der Waals surface area contributed by atoms with Gasteiger partial charge >= 0.3 is 0 Å². The van der Waals surface area contributed by atoms with Gasteiger partial charge in [-0.3, -0.25) is 0 Å². The maximum atomic E-state index is 5.79. The smallest absolute Gasteiger partial charge is 0.150 e. The quantitative estimate of drug-likeness (QED) is 0.755. The molecule has 16 heavy (non-hydrogen) atoms. The molecule has 2 aromatic carbocycles. The van der Waals surface area contributed by atoms with Gasteiger partial charge in [0.25, 0.3) is 0 Å². The van der Waals surface area contributed by atoms with Crippen molar-refractivity contribution in [3.05, 3.63) is 48.0 Å². The first-order valence-electron chi connectivity index (χ1n) is 5.04. The zero-order valence-corrected chi connectivity index (χ0v) is 9.10. The van der Waals surface area contributed by atoms with Crippen LogP contribution in [-0.2, 0) is 0 Å². The molecule has 4 N–H and O–H groups in total. The molecule has 0 aliphatic heterocycles. The Kier molecular flexibility index (Phi) is 2.68. The van der Waals surface area contributed by atoms with Gasteiger partial charge in [0.1, 0.15) is 11.5 Å². The molecule has 0 fully saturated rings. The summed E-state index contributed by atoms with van der Waals surface area (Å²) >= 11 is 0. The van der Waals surface area contributed by atoms with Gasteiger partial charge in [-0.15, -0.1) is 0 Å². The monoisotopic (exact) mass is 214 g/mol. The van der Waals surface area contributed by atoms with Gasteiger partial charge in [0.15, 0.2) is 0 Å². The molecule has 0 heterocycles. The van der Waals surface area contributed by atoms with E-state index in [1.165, 1.54) is 5.56 Å². The van der Waals surface area contributed by atoms with Crippen molar-refractivity contribution >= 4 is 11.4 Å². The van der Waals surface area contributed by atoms with Crippen LogP contribution in [0, 0.1) is 6.92 Å². The fourth-order valence-corrected chi connectivity index (χ4v) is 1.39. The lowest BCUT2D eigenvalue weighted by atomic mass is 10.2. The number of rotatable bonds is 2. The Balaban J connectivity index is 2.23. The van der Waals surface area contributed by atoms with E-state index in [4.69, 9.17) is 16.2 Å². The predicted octanol–water partition coefficient (Wildman–Crippen LogP) is 2.95. The van der Waals surface area contributed by atoms with Crippen molar-refractivity contribution < 1.29 is 4.74 Å². The maximum absolute atomic E-state index is 5.79. The highest BCUT2D eigenvalue weighted by molar-refractivity contribution is 5.61. The minimum Gasteiger partial charge on any atom is -0.455 e.